The van der Waals surface area contributed by atoms with Crippen molar-refractivity contribution in [3.63, 3.8) is 0 Å². The number of rotatable bonds is 7. The zero-order chi connectivity index (χ0) is 25.7. The van der Waals surface area contributed by atoms with Crippen molar-refractivity contribution in [1.29, 1.82) is 5.26 Å². The van der Waals surface area contributed by atoms with Crippen LogP contribution < -0.4 is 16.4 Å². The number of nitriles is 1. The average molecular weight is 522 g/mol. The lowest BCUT2D eigenvalue weighted by atomic mass is 9.97. The first kappa shape index (κ1) is 26.9. The van der Waals surface area contributed by atoms with E-state index in [1.165, 1.54) is 30.5 Å². The third-order valence-electron chi connectivity index (χ3n) is 5.17. The van der Waals surface area contributed by atoms with Crippen molar-refractivity contribution in [2.75, 3.05) is 17.2 Å². The molecule has 0 spiro atoms. The van der Waals surface area contributed by atoms with Crippen LogP contribution in [0.1, 0.15) is 22.5 Å². The molecule has 4 rings (SSSR count). The van der Waals surface area contributed by atoms with E-state index in [0.29, 0.717) is 16.8 Å². The molecule has 0 aliphatic rings. The topological polar surface area (TPSA) is 154 Å². The largest absolute Gasteiger partial charge is 0.507 e. The van der Waals surface area contributed by atoms with Crippen molar-refractivity contribution in [3.8, 4) is 34.2 Å². The average Bonchev–Trinajstić information content (AvgIpc) is 3.39. The van der Waals surface area contributed by atoms with Crippen LogP contribution in [0, 0.1) is 17.1 Å². The number of hydrogen-bond donors (Lipinski definition) is 4. The Bertz CT molecular complexity index is 1490. The molecular weight excluding hydrogens is 501 g/mol. The van der Waals surface area contributed by atoms with Gasteiger partial charge in [0.2, 0.25) is 5.91 Å². The Morgan fingerprint density at radius 1 is 1.08 bits per heavy atom. The Morgan fingerprint density at radius 2 is 1.89 bits per heavy atom. The molecule has 11 heteroatoms. The lowest BCUT2D eigenvalue weighted by Gasteiger charge is -2.15. The molecule has 2 heterocycles. The van der Waals surface area contributed by atoms with Crippen LogP contribution in [-0.4, -0.2) is 28.4 Å². The zero-order valence-electron chi connectivity index (χ0n) is 19.2. The van der Waals surface area contributed by atoms with Gasteiger partial charge in [0.25, 0.3) is 5.91 Å². The van der Waals surface area contributed by atoms with Gasteiger partial charge in [0.1, 0.15) is 23.2 Å². The summed E-state index contributed by atoms with van der Waals surface area (Å²) in [7, 11) is 0. The minimum atomic E-state index is -0.641. The molecule has 0 saturated heterocycles. The molecule has 5 N–H and O–H groups in total. The second-order valence-electron chi connectivity index (χ2n) is 7.65. The van der Waals surface area contributed by atoms with Crippen LogP contribution in [0.15, 0.2) is 71.3 Å². The number of carbonyl (C=O) groups excluding carboxylic acids is 2. The number of phenolic OH excluding ortho intramolecular Hbond substituents is 1. The highest BCUT2D eigenvalue weighted by atomic mass is 35.5. The Kier molecular flexibility index (Phi) is 8.58. The first-order valence-corrected chi connectivity index (χ1v) is 10.8. The molecule has 0 unspecified atom stereocenters. The fraction of sp³-hybridized carbons (Fsp3) is 0.0769. The standard InChI is InChI=1S/C26H20FN5O4.ClH/c27-16-6-7-18(22(33)12-16)21-13-19(15-3-1-4-17(11-15)30-24(34)8-9-28)20(14-29)25(31-21)32-26(35)23-5-2-10-36-23;/h1-7,10-13,33H,8-9,28H2,(H,30,34)(H,31,32,35);1H. The minimum absolute atomic E-state index is 0. The number of aromatic hydroxyl groups is 1. The molecule has 37 heavy (non-hydrogen) atoms. The van der Waals surface area contributed by atoms with Crippen molar-refractivity contribution in [3.05, 3.63) is 84.1 Å². The highest BCUT2D eigenvalue weighted by Gasteiger charge is 2.20. The third kappa shape index (κ3) is 6.10. The number of phenols is 1. The summed E-state index contributed by atoms with van der Waals surface area (Å²) in [6.07, 6.45) is 1.47. The summed E-state index contributed by atoms with van der Waals surface area (Å²) in [5, 5.41) is 25.6. The van der Waals surface area contributed by atoms with Crippen LogP contribution in [0.3, 0.4) is 0 Å². The Morgan fingerprint density at radius 3 is 2.57 bits per heavy atom. The number of nitrogens with one attached hydrogen (secondary N) is 2. The molecule has 9 nitrogen and oxygen atoms in total. The second kappa shape index (κ2) is 11.8. The molecule has 0 aliphatic heterocycles. The number of benzene rings is 2. The summed E-state index contributed by atoms with van der Waals surface area (Å²) in [4.78, 5) is 29.1. The zero-order valence-corrected chi connectivity index (χ0v) is 20.0. The number of aromatic nitrogens is 1. The number of nitrogens with two attached hydrogens (primary N) is 1. The molecule has 2 amide bonds. The second-order valence-corrected chi connectivity index (χ2v) is 7.65. The summed E-state index contributed by atoms with van der Waals surface area (Å²) in [6.45, 7) is 0.192. The van der Waals surface area contributed by atoms with Crippen LogP contribution in [0.5, 0.6) is 5.75 Å². The molecule has 0 fully saturated rings. The summed E-state index contributed by atoms with van der Waals surface area (Å²) in [6, 6.07) is 16.7. The van der Waals surface area contributed by atoms with Gasteiger partial charge < -0.3 is 25.9 Å². The summed E-state index contributed by atoms with van der Waals surface area (Å²) >= 11 is 0. The lowest BCUT2D eigenvalue weighted by Crippen LogP contribution is -2.16. The number of carbonyl (C=O) groups is 2. The van der Waals surface area contributed by atoms with Crippen molar-refractivity contribution in [2.24, 2.45) is 5.73 Å². The number of amides is 2. The molecule has 2 aromatic heterocycles. The molecule has 0 saturated carbocycles. The third-order valence-corrected chi connectivity index (χ3v) is 5.17. The number of nitrogens with zero attached hydrogens (tertiary/aromatic N) is 2. The van der Waals surface area contributed by atoms with E-state index in [1.807, 2.05) is 0 Å². The van der Waals surface area contributed by atoms with Crippen LogP contribution in [0.4, 0.5) is 15.9 Å². The van der Waals surface area contributed by atoms with E-state index < -0.39 is 11.7 Å². The van der Waals surface area contributed by atoms with Crippen LogP contribution in [0.2, 0.25) is 0 Å². The lowest BCUT2D eigenvalue weighted by molar-refractivity contribution is -0.116. The summed E-state index contributed by atoms with van der Waals surface area (Å²) in [5.74, 6) is -2.01. The van der Waals surface area contributed by atoms with E-state index in [9.17, 15) is 24.3 Å². The van der Waals surface area contributed by atoms with Gasteiger partial charge in [0.15, 0.2) is 11.6 Å². The molecule has 0 atom stereocenters. The van der Waals surface area contributed by atoms with E-state index in [4.69, 9.17) is 10.2 Å². The Hall–Kier alpha value is -4.72. The van der Waals surface area contributed by atoms with Gasteiger partial charge in [-0.3, -0.25) is 9.59 Å². The van der Waals surface area contributed by atoms with E-state index in [1.54, 1.807) is 24.3 Å². The molecule has 0 radical (unpaired) electrons. The minimum Gasteiger partial charge on any atom is -0.507 e. The maximum absolute atomic E-state index is 13.6. The van der Waals surface area contributed by atoms with Crippen LogP contribution >= 0.6 is 12.4 Å². The first-order chi connectivity index (χ1) is 17.4. The van der Waals surface area contributed by atoms with E-state index in [2.05, 4.69) is 21.7 Å². The van der Waals surface area contributed by atoms with Crippen molar-refractivity contribution < 1.29 is 23.5 Å². The van der Waals surface area contributed by atoms with Gasteiger partial charge in [-0.2, -0.15) is 5.26 Å². The maximum atomic E-state index is 13.6. The fourth-order valence-corrected chi connectivity index (χ4v) is 3.53. The van der Waals surface area contributed by atoms with E-state index in [-0.39, 0.29) is 65.4 Å². The Labute approximate surface area is 217 Å². The van der Waals surface area contributed by atoms with Crippen LogP contribution in [0.25, 0.3) is 22.4 Å². The molecule has 2 aromatic carbocycles. The summed E-state index contributed by atoms with van der Waals surface area (Å²) < 4.78 is 18.7. The summed E-state index contributed by atoms with van der Waals surface area (Å²) in [5.41, 5.74) is 7.18. The Balaban J connectivity index is 0.00000380. The quantitative estimate of drug-likeness (QED) is 0.275. The van der Waals surface area contributed by atoms with Gasteiger partial charge >= 0.3 is 0 Å². The highest BCUT2D eigenvalue weighted by Crippen LogP contribution is 2.36. The smallest absolute Gasteiger partial charge is 0.292 e. The van der Waals surface area contributed by atoms with Gasteiger partial charge in [-0.15, -0.1) is 12.4 Å². The molecule has 4 aromatic rings. The molecule has 0 aliphatic carbocycles. The van der Waals surface area contributed by atoms with E-state index >= 15 is 0 Å². The number of halogens is 2. The SMILES string of the molecule is Cl.N#Cc1c(-c2cccc(NC(=O)CCN)c2)cc(-c2ccc(F)cc2O)nc1NC(=O)c1ccco1. The first-order valence-electron chi connectivity index (χ1n) is 10.8. The number of anilines is 2. The monoisotopic (exact) mass is 521 g/mol. The number of pyridine rings is 1. The number of furan rings is 1. The fourth-order valence-electron chi connectivity index (χ4n) is 3.53. The van der Waals surface area contributed by atoms with E-state index in [0.717, 1.165) is 12.1 Å². The van der Waals surface area contributed by atoms with Gasteiger partial charge in [-0.25, -0.2) is 9.37 Å². The predicted octanol–water partition coefficient (Wildman–Crippen LogP) is 4.69. The maximum Gasteiger partial charge on any atom is 0.292 e. The number of hydrogen-bond acceptors (Lipinski definition) is 7. The van der Waals surface area contributed by atoms with Crippen molar-refractivity contribution >= 4 is 35.7 Å². The molecule has 0 bridgehead atoms. The van der Waals surface area contributed by atoms with Gasteiger partial charge in [0.05, 0.1) is 12.0 Å². The predicted molar refractivity (Wildman–Crippen MR) is 138 cm³/mol. The highest BCUT2D eigenvalue weighted by molar-refractivity contribution is 6.03. The molecular formula is C26H21ClFN5O4. The van der Waals surface area contributed by atoms with Gasteiger partial charge in [-0.05, 0) is 48.0 Å². The van der Waals surface area contributed by atoms with Crippen LogP contribution in [-0.2, 0) is 4.79 Å². The van der Waals surface area contributed by atoms with Gasteiger partial charge in [0, 0.05) is 35.8 Å². The van der Waals surface area contributed by atoms with Crippen molar-refractivity contribution in [1.82, 2.24) is 4.98 Å². The van der Waals surface area contributed by atoms with Crippen molar-refractivity contribution in [2.45, 2.75) is 6.42 Å². The normalized spacial score (nSPS) is 10.2. The van der Waals surface area contributed by atoms with Gasteiger partial charge in [-0.1, -0.05) is 12.1 Å². The molecule has 188 valence electrons.